The number of urea groups is 1. The minimum atomic E-state index is -0.334. The summed E-state index contributed by atoms with van der Waals surface area (Å²) >= 11 is 0. The van der Waals surface area contributed by atoms with Crippen LogP contribution in [0, 0.1) is 6.92 Å². The Morgan fingerprint density at radius 2 is 1.83 bits per heavy atom. The summed E-state index contributed by atoms with van der Waals surface area (Å²) < 4.78 is 0. The zero-order chi connectivity index (χ0) is 16.2. The molecule has 3 rings (SSSR count). The van der Waals surface area contributed by atoms with Crippen LogP contribution in [0.4, 0.5) is 10.5 Å². The first kappa shape index (κ1) is 15.8. The van der Waals surface area contributed by atoms with E-state index in [-0.39, 0.29) is 18.0 Å². The molecular weight excluding hydrogens is 290 g/mol. The highest BCUT2D eigenvalue weighted by Crippen LogP contribution is 2.22. The van der Waals surface area contributed by atoms with Gasteiger partial charge < -0.3 is 15.5 Å². The van der Waals surface area contributed by atoms with E-state index in [9.17, 15) is 9.59 Å². The number of aryl methyl sites for hydroxylation is 1. The van der Waals surface area contributed by atoms with E-state index in [1.54, 1.807) is 4.90 Å². The van der Waals surface area contributed by atoms with Gasteiger partial charge in [0.2, 0.25) is 5.91 Å². The molecule has 3 amide bonds. The van der Waals surface area contributed by atoms with Crippen molar-refractivity contribution in [1.82, 2.24) is 10.2 Å². The summed E-state index contributed by atoms with van der Waals surface area (Å²) in [6.45, 7) is 2.60. The Labute approximate surface area is 137 Å². The molecule has 5 nitrogen and oxygen atoms in total. The van der Waals surface area contributed by atoms with Gasteiger partial charge >= 0.3 is 6.03 Å². The van der Waals surface area contributed by atoms with E-state index in [0.29, 0.717) is 12.6 Å². The summed E-state index contributed by atoms with van der Waals surface area (Å²) in [5.41, 5.74) is 1.83. The van der Waals surface area contributed by atoms with Crippen LogP contribution in [0.5, 0.6) is 0 Å². The lowest BCUT2D eigenvalue weighted by atomic mass is 10.1. The van der Waals surface area contributed by atoms with Gasteiger partial charge in [-0.1, -0.05) is 31.0 Å². The number of benzene rings is 1. The predicted octanol–water partition coefficient (Wildman–Crippen LogP) is 3.05. The first-order valence-electron chi connectivity index (χ1n) is 8.59. The van der Waals surface area contributed by atoms with Gasteiger partial charge in [0, 0.05) is 18.3 Å². The van der Waals surface area contributed by atoms with Crippen LogP contribution in [0.25, 0.3) is 0 Å². The maximum Gasteiger partial charge on any atom is 0.322 e. The lowest BCUT2D eigenvalue weighted by Gasteiger charge is -2.26. The molecule has 0 radical (unpaired) electrons. The highest BCUT2D eigenvalue weighted by Gasteiger charge is 2.35. The lowest BCUT2D eigenvalue weighted by Crippen LogP contribution is -2.49. The molecule has 0 unspecified atom stereocenters. The van der Waals surface area contributed by atoms with Gasteiger partial charge in [-0.25, -0.2) is 4.79 Å². The minimum absolute atomic E-state index is 0.00864. The van der Waals surface area contributed by atoms with Gasteiger partial charge in [-0.2, -0.15) is 0 Å². The molecule has 0 aromatic heterocycles. The smallest absolute Gasteiger partial charge is 0.322 e. The molecule has 1 aromatic rings. The third-order valence-corrected chi connectivity index (χ3v) is 4.90. The molecule has 124 valence electrons. The molecule has 1 saturated carbocycles. The predicted molar refractivity (Wildman–Crippen MR) is 90.3 cm³/mol. The zero-order valence-electron chi connectivity index (χ0n) is 13.7. The number of anilines is 1. The number of hydrogen-bond acceptors (Lipinski definition) is 2. The summed E-state index contributed by atoms with van der Waals surface area (Å²) in [7, 11) is 0. The van der Waals surface area contributed by atoms with Crippen molar-refractivity contribution in [1.29, 1.82) is 0 Å². The molecular formula is C18H25N3O2. The van der Waals surface area contributed by atoms with Crippen LogP contribution in [0.2, 0.25) is 0 Å². The molecule has 1 aliphatic carbocycles. The summed E-state index contributed by atoms with van der Waals surface area (Å²) in [4.78, 5) is 26.7. The number of carbonyl (C=O) groups excluding carboxylic acids is 2. The molecule has 2 fully saturated rings. The van der Waals surface area contributed by atoms with E-state index < -0.39 is 0 Å². The summed E-state index contributed by atoms with van der Waals surface area (Å²) in [6.07, 6.45) is 6.13. The topological polar surface area (TPSA) is 61.4 Å². The molecule has 2 N–H and O–H groups in total. The standard InChI is InChI=1S/C18H25N3O2/c1-13-7-2-5-10-15(13)20-18(23)21-12-6-11-16(21)17(22)19-14-8-3-4-9-14/h2,5,7,10,14,16H,3-4,6,8-9,11-12H2,1H3,(H,19,22)(H,20,23)/t16-/m0/s1. The maximum absolute atomic E-state index is 12.6. The van der Waals surface area contributed by atoms with Crippen molar-refractivity contribution in [3.8, 4) is 0 Å². The Morgan fingerprint density at radius 3 is 2.57 bits per heavy atom. The van der Waals surface area contributed by atoms with E-state index in [0.717, 1.165) is 36.9 Å². The second-order valence-electron chi connectivity index (χ2n) is 6.59. The van der Waals surface area contributed by atoms with Crippen molar-refractivity contribution in [2.45, 2.75) is 57.5 Å². The van der Waals surface area contributed by atoms with Gasteiger partial charge in [0.05, 0.1) is 0 Å². The maximum atomic E-state index is 12.6. The number of hydrogen-bond donors (Lipinski definition) is 2. The van der Waals surface area contributed by atoms with Crippen molar-refractivity contribution in [2.75, 3.05) is 11.9 Å². The molecule has 1 heterocycles. The molecule has 1 aromatic carbocycles. The summed E-state index contributed by atoms with van der Waals surface area (Å²) in [6, 6.07) is 7.48. The van der Waals surface area contributed by atoms with Crippen LogP contribution in [0.1, 0.15) is 44.1 Å². The molecule has 1 saturated heterocycles. The van der Waals surface area contributed by atoms with Gasteiger partial charge in [0.15, 0.2) is 0 Å². The van der Waals surface area contributed by atoms with Gasteiger partial charge in [-0.05, 0) is 44.2 Å². The van der Waals surface area contributed by atoms with Crippen molar-refractivity contribution in [3.05, 3.63) is 29.8 Å². The molecule has 1 atom stereocenters. The third kappa shape index (κ3) is 3.66. The molecule has 0 spiro atoms. The largest absolute Gasteiger partial charge is 0.352 e. The fourth-order valence-electron chi connectivity index (χ4n) is 3.55. The van der Waals surface area contributed by atoms with Crippen molar-refractivity contribution < 1.29 is 9.59 Å². The van der Waals surface area contributed by atoms with Crippen LogP contribution in [0.3, 0.4) is 0 Å². The van der Waals surface area contributed by atoms with Crippen LogP contribution in [0.15, 0.2) is 24.3 Å². The number of nitrogens with zero attached hydrogens (tertiary/aromatic N) is 1. The van der Waals surface area contributed by atoms with Crippen LogP contribution < -0.4 is 10.6 Å². The zero-order valence-corrected chi connectivity index (χ0v) is 13.7. The number of nitrogens with one attached hydrogen (secondary N) is 2. The van der Waals surface area contributed by atoms with Crippen LogP contribution in [-0.2, 0) is 4.79 Å². The number of carbonyl (C=O) groups is 2. The van der Waals surface area contributed by atoms with E-state index in [1.165, 1.54) is 12.8 Å². The Hall–Kier alpha value is -2.04. The third-order valence-electron chi connectivity index (χ3n) is 4.90. The molecule has 0 bridgehead atoms. The summed E-state index contributed by atoms with van der Waals surface area (Å²) in [5.74, 6) is 0.00864. The van der Waals surface area contributed by atoms with Gasteiger partial charge in [0.25, 0.3) is 0 Å². The molecule has 5 heteroatoms. The summed E-state index contributed by atoms with van der Waals surface area (Å²) in [5, 5.41) is 6.06. The average molecular weight is 315 g/mol. The minimum Gasteiger partial charge on any atom is -0.352 e. The highest BCUT2D eigenvalue weighted by molar-refractivity contribution is 5.94. The quantitative estimate of drug-likeness (QED) is 0.900. The number of para-hydroxylation sites is 1. The van der Waals surface area contributed by atoms with E-state index in [1.807, 2.05) is 31.2 Å². The fourth-order valence-corrected chi connectivity index (χ4v) is 3.55. The second-order valence-corrected chi connectivity index (χ2v) is 6.59. The molecule has 1 aliphatic heterocycles. The number of likely N-dealkylation sites (tertiary alicyclic amines) is 1. The highest BCUT2D eigenvalue weighted by atomic mass is 16.2. The Morgan fingerprint density at radius 1 is 1.09 bits per heavy atom. The normalized spacial score (nSPS) is 21.4. The average Bonchev–Trinajstić information content (AvgIpc) is 3.20. The fraction of sp³-hybridized carbons (Fsp3) is 0.556. The van der Waals surface area contributed by atoms with E-state index in [4.69, 9.17) is 0 Å². The Kier molecular flexibility index (Phi) is 4.84. The van der Waals surface area contributed by atoms with E-state index >= 15 is 0 Å². The first-order valence-corrected chi connectivity index (χ1v) is 8.59. The van der Waals surface area contributed by atoms with Crippen LogP contribution in [-0.4, -0.2) is 35.5 Å². The van der Waals surface area contributed by atoms with Gasteiger partial charge in [0.1, 0.15) is 6.04 Å². The lowest BCUT2D eigenvalue weighted by molar-refractivity contribution is -0.125. The monoisotopic (exact) mass is 315 g/mol. The SMILES string of the molecule is Cc1ccccc1NC(=O)N1CCC[C@H]1C(=O)NC1CCCC1. The number of amides is 3. The van der Waals surface area contributed by atoms with E-state index in [2.05, 4.69) is 10.6 Å². The van der Waals surface area contributed by atoms with Crippen molar-refractivity contribution in [2.24, 2.45) is 0 Å². The Bertz CT molecular complexity index is 581. The Balaban J connectivity index is 1.62. The first-order chi connectivity index (χ1) is 11.1. The molecule has 2 aliphatic rings. The second kappa shape index (κ2) is 7.02. The van der Waals surface area contributed by atoms with Gasteiger partial charge in [-0.3, -0.25) is 4.79 Å². The number of rotatable bonds is 3. The van der Waals surface area contributed by atoms with Crippen LogP contribution >= 0.6 is 0 Å². The van der Waals surface area contributed by atoms with Crippen molar-refractivity contribution in [3.63, 3.8) is 0 Å². The molecule has 23 heavy (non-hydrogen) atoms. The van der Waals surface area contributed by atoms with Crippen molar-refractivity contribution >= 4 is 17.6 Å². The van der Waals surface area contributed by atoms with Gasteiger partial charge in [-0.15, -0.1) is 0 Å².